The van der Waals surface area contributed by atoms with E-state index in [2.05, 4.69) is 4.90 Å². The Labute approximate surface area is 73.4 Å². The summed E-state index contributed by atoms with van der Waals surface area (Å²) in [6, 6.07) is -0.303. The Morgan fingerprint density at radius 2 is 1.75 bits per heavy atom. The van der Waals surface area contributed by atoms with Crippen molar-refractivity contribution in [3.63, 3.8) is 0 Å². The van der Waals surface area contributed by atoms with Crippen LogP contribution < -0.4 is 0 Å². The average Bonchev–Trinajstić information content (AvgIpc) is 2.30. The molecular formula is C9H17NO2. The van der Waals surface area contributed by atoms with Gasteiger partial charge in [0.15, 0.2) is 0 Å². The topological polar surface area (TPSA) is 40.5 Å². The summed E-state index contributed by atoms with van der Waals surface area (Å²) in [5.74, 6) is -0.697. The Hall–Kier alpha value is -0.570. The number of carbonyl (C=O) groups is 1. The molecule has 1 unspecified atom stereocenters. The number of hydrogen-bond acceptors (Lipinski definition) is 2. The van der Waals surface area contributed by atoms with Crippen molar-refractivity contribution >= 4 is 5.97 Å². The van der Waals surface area contributed by atoms with E-state index in [9.17, 15) is 4.79 Å². The zero-order valence-corrected chi connectivity index (χ0v) is 7.62. The quantitative estimate of drug-likeness (QED) is 0.681. The maximum absolute atomic E-state index is 10.7. The highest BCUT2D eigenvalue weighted by Crippen LogP contribution is 2.12. The minimum absolute atomic E-state index is 0.303. The molecule has 1 heterocycles. The van der Waals surface area contributed by atoms with Crippen LogP contribution in [0.2, 0.25) is 0 Å². The van der Waals surface area contributed by atoms with Gasteiger partial charge in [0.2, 0.25) is 0 Å². The van der Waals surface area contributed by atoms with Gasteiger partial charge in [0.05, 0.1) is 0 Å². The van der Waals surface area contributed by atoms with Crippen molar-refractivity contribution in [2.75, 3.05) is 13.1 Å². The van der Waals surface area contributed by atoms with Gasteiger partial charge in [0, 0.05) is 0 Å². The summed E-state index contributed by atoms with van der Waals surface area (Å²) < 4.78 is 0. The van der Waals surface area contributed by atoms with Gasteiger partial charge in [-0.05, 0) is 32.9 Å². The fraction of sp³-hybridized carbons (Fsp3) is 0.889. The van der Waals surface area contributed by atoms with Crippen LogP contribution in [0.1, 0.15) is 32.6 Å². The Morgan fingerprint density at radius 3 is 2.17 bits per heavy atom. The second-order valence-corrected chi connectivity index (χ2v) is 3.46. The van der Waals surface area contributed by atoms with Gasteiger partial charge in [-0.25, -0.2) is 0 Å². The zero-order chi connectivity index (χ0) is 8.97. The second kappa shape index (κ2) is 4.45. The molecule has 0 saturated carbocycles. The van der Waals surface area contributed by atoms with Gasteiger partial charge in [-0.15, -0.1) is 0 Å². The number of nitrogens with zero attached hydrogens (tertiary/aromatic N) is 1. The average molecular weight is 171 g/mol. The highest BCUT2D eigenvalue weighted by atomic mass is 16.4. The Morgan fingerprint density at radius 1 is 1.25 bits per heavy atom. The first-order valence-electron chi connectivity index (χ1n) is 4.68. The summed E-state index contributed by atoms with van der Waals surface area (Å²) in [5, 5.41) is 8.78. The van der Waals surface area contributed by atoms with E-state index in [0.29, 0.717) is 0 Å². The minimum Gasteiger partial charge on any atom is -0.480 e. The van der Waals surface area contributed by atoms with Crippen molar-refractivity contribution in [1.29, 1.82) is 0 Å². The predicted molar refractivity (Wildman–Crippen MR) is 47.1 cm³/mol. The lowest BCUT2D eigenvalue weighted by Crippen LogP contribution is -2.39. The molecule has 1 saturated heterocycles. The van der Waals surface area contributed by atoms with E-state index in [0.717, 1.165) is 25.9 Å². The van der Waals surface area contributed by atoms with Crippen LogP contribution in [0.15, 0.2) is 0 Å². The van der Waals surface area contributed by atoms with Crippen LogP contribution in [0.4, 0.5) is 0 Å². The first-order chi connectivity index (χ1) is 5.72. The monoisotopic (exact) mass is 171 g/mol. The molecule has 0 aromatic carbocycles. The molecule has 1 rings (SSSR count). The first-order valence-corrected chi connectivity index (χ1v) is 4.68. The third kappa shape index (κ3) is 2.48. The Kier molecular flexibility index (Phi) is 3.53. The summed E-state index contributed by atoms with van der Waals surface area (Å²) in [6.45, 7) is 3.68. The first kappa shape index (κ1) is 9.52. The molecule has 0 amide bonds. The smallest absolute Gasteiger partial charge is 0.320 e. The molecule has 3 heteroatoms. The molecule has 0 radical (unpaired) electrons. The summed E-state index contributed by atoms with van der Waals surface area (Å²) in [7, 11) is 0. The van der Waals surface area contributed by atoms with Crippen LogP contribution in [-0.4, -0.2) is 35.1 Å². The Bertz CT molecular complexity index is 151. The maximum Gasteiger partial charge on any atom is 0.320 e. The van der Waals surface area contributed by atoms with Crippen LogP contribution in [0, 0.1) is 0 Å². The van der Waals surface area contributed by atoms with E-state index in [1.54, 1.807) is 6.92 Å². The molecule has 1 N–H and O–H groups in total. The van der Waals surface area contributed by atoms with E-state index in [1.165, 1.54) is 12.8 Å². The highest BCUT2D eigenvalue weighted by molar-refractivity contribution is 5.72. The van der Waals surface area contributed by atoms with Gasteiger partial charge in [-0.3, -0.25) is 9.69 Å². The minimum atomic E-state index is -0.697. The lowest BCUT2D eigenvalue weighted by Gasteiger charge is -2.23. The van der Waals surface area contributed by atoms with E-state index in [1.807, 2.05) is 0 Å². The summed E-state index contributed by atoms with van der Waals surface area (Å²) in [6.07, 6.45) is 4.81. The molecule has 1 aliphatic heterocycles. The van der Waals surface area contributed by atoms with E-state index in [4.69, 9.17) is 5.11 Å². The predicted octanol–water partition coefficient (Wildman–Crippen LogP) is 1.34. The number of carboxylic acids is 1. The number of carboxylic acid groups (broad SMARTS) is 1. The van der Waals surface area contributed by atoms with Crippen molar-refractivity contribution < 1.29 is 9.90 Å². The molecule has 3 nitrogen and oxygen atoms in total. The molecule has 1 atom stereocenters. The van der Waals surface area contributed by atoms with Gasteiger partial charge < -0.3 is 5.11 Å². The molecule has 1 fully saturated rings. The van der Waals surface area contributed by atoms with Crippen LogP contribution in [0.3, 0.4) is 0 Å². The lowest BCUT2D eigenvalue weighted by atomic mass is 10.2. The van der Waals surface area contributed by atoms with Crippen molar-refractivity contribution in [1.82, 2.24) is 4.90 Å². The SMILES string of the molecule is CC(C(=O)O)N1CCCCCC1. The van der Waals surface area contributed by atoms with Crippen molar-refractivity contribution in [2.45, 2.75) is 38.6 Å². The van der Waals surface area contributed by atoms with E-state index < -0.39 is 5.97 Å². The van der Waals surface area contributed by atoms with Crippen molar-refractivity contribution in [3.8, 4) is 0 Å². The molecule has 0 bridgehead atoms. The third-order valence-electron chi connectivity index (χ3n) is 2.55. The van der Waals surface area contributed by atoms with Gasteiger partial charge >= 0.3 is 5.97 Å². The van der Waals surface area contributed by atoms with Gasteiger partial charge in [-0.2, -0.15) is 0 Å². The highest BCUT2D eigenvalue weighted by Gasteiger charge is 2.20. The van der Waals surface area contributed by atoms with Gasteiger partial charge in [-0.1, -0.05) is 12.8 Å². The van der Waals surface area contributed by atoms with Crippen molar-refractivity contribution in [3.05, 3.63) is 0 Å². The van der Waals surface area contributed by atoms with E-state index >= 15 is 0 Å². The van der Waals surface area contributed by atoms with Crippen LogP contribution in [0.5, 0.6) is 0 Å². The molecule has 0 aromatic heterocycles. The fourth-order valence-electron chi connectivity index (χ4n) is 1.64. The van der Waals surface area contributed by atoms with Gasteiger partial charge in [0.1, 0.15) is 6.04 Å². The number of hydrogen-bond donors (Lipinski definition) is 1. The van der Waals surface area contributed by atoms with Gasteiger partial charge in [0.25, 0.3) is 0 Å². The van der Waals surface area contributed by atoms with Crippen LogP contribution in [0.25, 0.3) is 0 Å². The molecule has 0 aliphatic carbocycles. The standard InChI is InChI=1S/C9H17NO2/c1-8(9(11)12)10-6-4-2-3-5-7-10/h8H,2-7H2,1H3,(H,11,12). The number of likely N-dealkylation sites (tertiary alicyclic amines) is 1. The number of rotatable bonds is 2. The van der Waals surface area contributed by atoms with Crippen molar-refractivity contribution in [2.24, 2.45) is 0 Å². The van der Waals surface area contributed by atoms with Crippen LogP contribution >= 0.6 is 0 Å². The summed E-state index contributed by atoms with van der Waals surface area (Å²) in [5.41, 5.74) is 0. The molecular weight excluding hydrogens is 154 g/mol. The second-order valence-electron chi connectivity index (χ2n) is 3.46. The molecule has 0 spiro atoms. The normalized spacial score (nSPS) is 23.1. The summed E-state index contributed by atoms with van der Waals surface area (Å²) >= 11 is 0. The number of aliphatic carboxylic acids is 1. The fourth-order valence-corrected chi connectivity index (χ4v) is 1.64. The molecule has 12 heavy (non-hydrogen) atoms. The van der Waals surface area contributed by atoms with Crippen LogP contribution in [-0.2, 0) is 4.79 Å². The molecule has 0 aromatic rings. The molecule has 1 aliphatic rings. The maximum atomic E-state index is 10.7. The third-order valence-corrected chi connectivity index (χ3v) is 2.55. The largest absolute Gasteiger partial charge is 0.480 e. The zero-order valence-electron chi connectivity index (χ0n) is 7.62. The van der Waals surface area contributed by atoms with E-state index in [-0.39, 0.29) is 6.04 Å². The molecule has 70 valence electrons. The lowest BCUT2D eigenvalue weighted by molar-refractivity contribution is -0.142. The summed E-state index contributed by atoms with van der Waals surface area (Å²) in [4.78, 5) is 12.7. The Balaban J connectivity index is 2.42.